The maximum atomic E-state index is 12.7. The quantitative estimate of drug-likeness (QED) is 0.632. The molecule has 1 N–H and O–H groups in total. The molecule has 1 aliphatic rings. The molecule has 5 heteroatoms. The molecule has 1 unspecified atom stereocenters. The summed E-state index contributed by atoms with van der Waals surface area (Å²) in [6, 6.07) is 22.4. The van der Waals surface area contributed by atoms with Crippen molar-refractivity contribution in [2.45, 2.75) is 13.0 Å². The van der Waals surface area contributed by atoms with Crippen molar-refractivity contribution < 1.29 is 9.53 Å². The average molecular weight is 402 g/mol. The van der Waals surface area contributed by atoms with Gasteiger partial charge in [-0.3, -0.25) is 9.69 Å². The molecule has 0 bridgehead atoms. The summed E-state index contributed by atoms with van der Waals surface area (Å²) in [4.78, 5) is 17.0. The second-order valence-electron chi connectivity index (χ2n) is 7.63. The van der Waals surface area contributed by atoms with E-state index in [1.807, 2.05) is 47.4 Å². The van der Waals surface area contributed by atoms with Gasteiger partial charge in [-0.05, 0) is 30.0 Å². The van der Waals surface area contributed by atoms with Crippen molar-refractivity contribution in [2.75, 3.05) is 32.8 Å². The summed E-state index contributed by atoms with van der Waals surface area (Å²) in [6.07, 6.45) is 1.34. The van der Waals surface area contributed by atoms with E-state index in [4.69, 9.17) is 10.1 Å². The highest BCUT2D eigenvalue weighted by molar-refractivity contribution is 6.01. The molecule has 4 rings (SSSR count). The highest BCUT2D eigenvalue weighted by Crippen LogP contribution is 2.28. The molecular formula is C25H27N3O2. The van der Waals surface area contributed by atoms with Crippen LogP contribution in [0, 0.1) is 5.41 Å². The van der Waals surface area contributed by atoms with Crippen molar-refractivity contribution in [1.29, 1.82) is 5.41 Å². The van der Waals surface area contributed by atoms with Crippen LogP contribution in [-0.2, 0) is 4.79 Å². The van der Waals surface area contributed by atoms with Crippen LogP contribution in [0.15, 0.2) is 66.7 Å². The van der Waals surface area contributed by atoms with Crippen molar-refractivity contribution in [1.82, 2.24) is 9.80 Å². The molecule has 5 nitrogen and oxygen atoms in total. The topological polar surface area (TPSA) is 56.6 Å². The lowest BCUT2D eigenvalue weighted by atomic mass is 10.0. The van der Waals surface area contributed by atoms with Crippen molar-refractivity contribution in [3.63, 3.8) is 0 Å². The van der Waals surface area contributed by atoms with E-state index < -0.39 is 0 Å². The number of carbonyl (C=O) groups is 1. The van der Waals surface area contributed by atoms with Gasteiger partial charge in [0.1, 0.15) is 5.75 Å². The number of nitrogens with zero attached hydrogens (tertiary/aromatic N) is 2. The molecule has 3 aromatic carbocycles. The molecule has 1 amide bonds. The highest BCUT2D eigenvalue weighted by Gasteiger charge is 2.25. The van der Waals surface area contributed by atoms with Gasteiger partial charge in [0.15, 0.2) is 6.61 Å². The molecule has 0 saturated carbocycles. The third-order valence-corrected chi connectivity index (χ3v) is 5.92. The van der Waals surface area contributed by atoms with E-state index in [1.165, 1.54) is 11.8 Å². The summed E-state index contributed by atoms with van der Waals surface area (Å²) in [5.41, 5.74) is 2.15. The molecule has 3 aromatic rings. The lowest BCUT2D eigenvalue weighted by Gasteiger charge is -2.38. The second kappa shape index (κ2) is 9.09. The SMILES string of the molecule is CC(c1ccccc1)N1CCN(C(=O)COc2ccc(C=N)c3ccccc23)CC1. The molecule has 1 heterocycles. The van der Waals surface area contributed by atoms with Gasteiger partial charge >= 0.3 is 0 Å². The van der Waals surface area contributed by atoms with Crippen LogP contribution in [0.5, 0.6) is 5.75 Å². The van der Waals surface area contributed by atoms with Crippen LogP contribution < -0.4 is 4.74 Å². The fourth-order valence-corrected chi connectivity index (χ4v) is 4.08. The molecule has 1 saturated heterocycles. The number of hydrogen-bond acceptors (Lipinski definition) is 4. The Bertz CT molecular complexity index is 1030. The molecule has 0 aliphatic carbocycles. The lowest BCUT2D eigenvalue weighted by molar-refractivity contribution is -0.135. The summed E-state index contributed by atoms with van der Waals surface area (Å²) in [5.74, 6) is 0.697. The number of fused-ring (bicyclic) bond motifs is 1. The van der Waals surface area contributed by atoms with Crippen LogP contribution >= 0.6 is 0 Å². The van der Waals surface area contributed by atoms with E-state index in [1.54, 1.807) is 0 Å². The van der Waals surface area contributed by atoms with E-state index in [9.17, 15) is 4.79 Å². The molecule has 1 fully saturated rings. The van der Waals surface area contributed by atoms with Gasteiger partial charge in [-0.25, -0.2) is 0 Å². The van der Waals surface area contributed by atoms with Gasteiger partial charge in [0, 0.05) is 49.4 Å². The van der Waals surface area contributed by atoms with Gasteiger partial charge in [0.05, 0.1) is 0 Å². The number of rotatable bonds is 6. The summed E-state index contributed by atoms with van der Waals surface area (Å²) >= 11 is 0. The molecule has 1 atom stereocenters. The summed E-state index contributed by atoms with van der Waals surface area (Å²) < 4.78 is 5.90. The minimum absolute atomic E-state index is 0.0159. The smallest absolute Gasteiger partial charge is 0.260 e. The largest absolute Gasteiger partial charge is 0.483 e. The van der Waals surface area contributed by atoms with Gasteiger partial charge < -0.3 is 15.0 Å². The Balaban J connectivity index is 1.35. The Morgan fingerprint density at radius 3 is 2.33 bits per heavy atom. The fourth-order valence-electron chi connectivity index (χ4n) is 4.08. The standard InChI is InChI=1S/C25H27N3O2/c1-19(20-7-3-2-4-8-20)27-13-15-28(16-14-27)25(29)18-30-24-12-11-21(17-26)22-9-5-6-10-23(22)24/h2-12,17,19,26H,13-16,18H2,1H3. The number of benzene rings is 3. The normalized spacial score (nSPS) is 15.7. The van der Waals surface area contributed by atoms with Crippen LogP contribution in [0.1, 0.15) is 24.1 Å². The first-order chi connectivity index (χ1) is 14.7. The molecular weight excluding hydrogens is 374 g/mol. The van der Waals surface area contributed by atoms with Crippen molar-refractivity contribution >= 4 is 22.9 Å². The zero-order valence-electron chi connectivity index (χ0n) is 17.3. The Kier molecular flexibility index (Phi) is 6.10. The molecule has 154 valence electrons. The van der Waals surface area contributed by atoms with Crippen molar-refractivity contribution in [3.05, 3.63) is 77.9 Å². The van der Waals surface area contributed by atoms with E-state index >= 15 is 0 Å². The van der Waals surface area contributed by atoms with E-state index in [0.717, 1.165) is 29.4 Å². The van der Waals surface area contributed by atoms with Crippen molar-refractivity contribution in [2.24, 2.45) is 0 Å². The van der Waals surface area contributed by atoms with E-state index in [0.29, 0.717) is 24.9 Å². The third-order valence-electron chi connectivity index (χ3n) is 5.92. The minimum atomic E-state index is 0.0159. The average Bonchev–Trinajstić information content (AvgIpc) is 2.82. The van der Waals surface area contributed by atoms with Crippen LogP contribution in [0.2, 0.25) is 0 Å². The highest BCUT2D eigenvalue weighted by atomic mass is 16.5. The third kappa shape index (κ3) is 4.21. The van der Waals surface area contributed by atoms with Crippen molar-refractivity contribution in [3.8, 4) is 5.75 Å². The summed E-state index contributed by atoms with van der Waals surface area (Å²) in [5, 5.41) is 9.45. The number of carbonyl (C=O) groups excluding carboxylic acids is 1. The fraction of sp³-hybridized carbons (Fsp3) is 0.280. The van der Waals surface area contributed by atoms with Crippen LogP contribution in [-0.4, -0.2) is 54.7 Å². The second-order valence-corrected chi connectivity index (χ2v) is 7.63. The predicted octanol–water partition coefficient (Wildman–Crippen LogP) is 4.12. The molecule has 0 spiro atoms. The van der Waals surface area contributed by atoms with Gasteiger partial charge in [-0.15, -0.1) is 0 Å². The minimum Gasteiger partial charge on any atom is -0.483 e. The van der Waals surface area contributed by atoms with Gasteiger partial charge in [0.25, 0.3) is 5.91 Å². The first-order valence-corrected chi connectivity index (χ1v) is 10.4. The van der Waals surface area contributed by atoms with Gasteiger partial charge in [-0.1, -0.05) is 54.6 Å². The van der Waals surface area contributed by atoms with Crippen LogP contribution in [0.3, 0.4) is 0 Å². The number of amides is 1. The maximum Gasteiger partial charge on any atom is 0.260 e. The number of piperazine rings is 1. The summed E-state index contributed by atoms with van der Waals surface area (Å²) in [6.45, 7) is 5.40. The Morgan fingerprint density at radius 1 is 0.967 bits per heavy atom. The molecule has 0 aromatic heterocycles. The number of hydrogen-bond donors (Lipinski definition) is 1. The van der Waals surface area contributed by atoms with Gasteiger partial charge in [-0.2, -0.15) is 0 Å². The Hall–Kier alpha value is -3.18. The Labute approximate surface area is 177 Å². The predicted molar refractivity (Wildman–Crippen MR) is 120 cm³/mol. The van der Waals surface area contributed by atoms with Crippen LogP contribution in [0.4, 0.5) is 0 Å². The maximum absolute atomic E-state index is 12.7. The first-order valence-electron chi connectivity index (χ1n) is 10.4. The molecule has 30 heavy (non-hydrogen) atoms. The van der Waals surface area contributed by atoms with Crippen LogP contribution in [0.25, 0.3) is 10.8 Å². The van der Waals surface area contributed by atoms with E-state index in [2.05, 4.69) is 36.1 Å². The summed E-state index contributed by atoms with van der Waals surface area (Å²) in [7, 11) is 0. The molecule has 1 aliphatic heterocycles. The zero-order chi connectivity index (χ0) is 20.9. The van der Waals surface area contributed by atoms with E-state index in [-0.39, 0.29) is 12.5 Å². The monoisotopic (exact) mass is 401 g/mol. The number of ether oxygens (including phenoxy) is 1. The zero-order valence-corrected chi connectivity index (χ0v) is 17.3. The lowest BCUT2D eigenvalue weighted by Crippen LogP contribution is -2.50. The molecule has 0 radical (unpaired) electrons. The van der Waals surface area contributed by atoms with Gasteiger partial charge in [0.2, 0.25) is 0 Å². The number of nitrogens with one attached hydrogen (secondary N) is 1. The first kappa shape index (κ1) is 20.1. The Morgan fingerprint density at radius 2 is 1.63 bits per heavy atom.